The smallest absolute Gasteiger partial charge is 0.263 e. The quantitative estimate of drug-likeness (QED) is 0.367. The van der Waals surface area contributed by atoms with Crippen LogP contribution < -0.4 is 10.9 Å². The van der Waals surface area contributed by atoms with Gasteiger partial charge in [0, 0.05) is 17.1 Å². The van der Waals surface area contributed by atoms with E-state index in [0.29, 0.717) is 27.6 Å². The van der Waals surface area contributed by atoms with Crippen LogP contribution in [0.4, 0.5) is 10.1 Å². The molecule has 140 valence electrons. The van der Waals surface area contributed by atoms with Gasteiger partial charge in [-0.05, 0) is 36.8 Å². The number of allylic oxidation sites excluding steroid dienone is 1. The molecule has 2 heterocycles. The monoisotopic (exact) mass is 403 g/mol. The maximum atomic E-state index is 12.9. The van der Waals surface area contributed by atoms with Gasteiger partial charge in [-0.1, -0.05) is 24.8 Å². The van der Waals surface area contributed by atoms with Crippen molar-refractivity contribution in [3.63, 3.8) is 0 Å². The Morgan fingerprint density at radius 3 is 2.81 bits per heavy atom. The summed E-state index contributed by atoms with van der Waals surface area (Å²) in [5.74, 6) is -0.541. The molecule has 27 heavy (non-hydrogen) atoms. The number of thioether (sulfide) groups is 1. The highest BCUT2D eigenvalue weighted by molar-refractivity contribution is 7.99. The number of amides is 1. The topological polar surface area (TPSA) is 64.0 Å². The molecular weight excluding hydrogens is 385 g/mol. The molecule has 0 saturated carbocycles. The first-order valence-corrected chi connectivity index (χ1v) is 10.1. The second-order valence-electron chi connectivity index (χ2n) is 5.73. The van der Waals surface area contributed by atoms with Gasteiger partial charge in [0.25, 0.3) is 5.56 Å². The third-order valence-electron chi connectivity index (χ3n) is 3.79. The molecule has 3 rings (SSSR count). The van der Waals surface area contributed by atoms with Gasteiger partial charge >= 0.3 is 0 Å². The van der Waals surface area contributed by atoms with Crippen LogP contribution in [0.2, 0.25) is 0 Å². The van der Waals surface area contributed by atoms with Crippen molar-refractivity contribution in [2.75, 3.05) is 11.1 Å². The normalized spacial score (nSPS) is 10.9. The van der Waals surface area contributed by atoms with Crippen molar-refractivity contribution in [1.82, 2.24) is 9.55 Å². The maximum Gasteiger partial charge on any atom is 0.263 e. The molecule has 3 aromatic rings. The van der Waals surface area contributed by atoms with E-state index in [9.17, 15) is 14.0 Å². The lowest BCUT2D eigenvalue weighted by molar-refractivity contribution is -0.113. The van der Waals surface area contributed by atoms with Crippen molar-refractivity contribution in [3.05, 3.63) is 64.0 Å². The predicted molar refractivity (Wildman–Crippen MR) is 109 cm³/mol. The molecule has 0 atom stereocenters. The summed E-state index contributed by atoms with van der Waals surface area (Å²) in [5, 5.41) is 3.77. The molecule has 0 fully saturated rings. The Morgan fingerprint density at radius 2 is 2.15 bits per heavy atom. The first-order chi connectivity index (χ1) is 13.0. The fourth-order valence-corrected chi connectivity index (χ4v) is 4.30. The summed E-state index contributed by atoms with van der Waals surface area (Å²) < 4.78 is 14.5. The van der Waals surface area contributed by atoms with E-state index >= 15 is 0 Å². The minimum Gasteiger partial charge on any atom is -0.325 e. The standard InChI is InChI=1S/C19H18FN3O2S2/c1-3-9-23-18(25)15-10-14(4-2)27-17(15)22-19(23)26-11-16(24)21-13-7-5-12(20)6-8-13/h3,5-8,10H,1,4,9,11H2,2H3,(H,21,24). The van der Waals surface area contributed by atoms with E-state index in [1.54, 1.807) is 6.08 Å². The van der Waals surface area contributed by atoms with E-state index < -0.39 is 0 Å². The number of hydrogen-bond acceptors (Lipinski definition) is 5. The Morgan fingerprint density at radius 1 is 1.41 bits per heavy atom. The highest BCUT2D eigenvalue weighted by atomic mass is 32.2. The molecule has 0 radical (unpaired) electrons. The number of carbonyl (C=O) groups is 1. The first kappa shape index (κ1) is 19.3. The van der Waals surface area contributed by atoms with Gasteiger partial charge in [0.05, 0.1) is 11.1 Å². The molecule has 0 bridgehead atoms. The van der Waals surface area contributed by atoms with Gasteiger partial charge < -0.3 is 5.32 Å². The van der Waals surface area contributed by atoms with E-state index in [4.69, 9.17) is 0 Å². The molecule has 0 aliphatic rings. The van der Waals surface area contributed by atoms with E-state index in [-0.39, 0.29) is 23.0 Å². The molecule has 1 aromatic carbocycles. The van der Waals surface area contributed by atoms with Crippen LogP contribution in [0.1, 0.15) is 11.8 Å². The summed E-state index contributed by atoms with van der Waals surface area (Å²) in [4.78, 5) is 31.3. The zero-order valence-electron chi connectivity index (χ0n) is 14.7. The van der Waals surface area contributed by atoms with Gasteiger partial charge in [0.15, 0.2) is 5.16 Å². The van der Waals surface area contributed by atoms with E-state index in [2.05, 4.69) is 16.9 Å². The van der Waals surface area contributed by atoms with E-state index in [0.717, 1.165) is 11.3 Å². The minimum atomic E-state index is -0.365. The van der Waals surface area contributed by atoms with Gasteiger partial charge in [-0.3, -0.25) is 14.2 Å². The molecular formula is C19H18FN3O2S2. The number of anilines is 1. The van der Waals surface area contributed by atoms with Gasteiger partial charge in [-0.15, -0.1) is 17.9 Å². The predicted octanol–water partition coefficient (Wildman–Crippen LogP) is 4.08. The third-order valence-corrected chi connectivity index (χ3v) is 5.94. The van der Waals surface area contributed by atoms with Crippen LogP contribution in [0.25, 0.3) is 10.2 Å². The second kappa shape index (κ2) is 8.49. The van der Waals surface area contributed by atoms with Gasteiger partial charge in [-0.25, -0.2) is 9.37 Å². The summed E-state index contributed by atoms with van der Waals surface area (Å²) in [5.41, 5.74) is 0.386. The molecule has 0 saturated heterocycles. The van der Waals surface area contributed by atoms with Crippen LogP contribution in [0.15, 0.2) is 52.9 Å². The number of thiophene rings is 1. The van der Waals surface area contributed by atoms with Crippen molar-refractivity contribution in [3.8, 4) is 0 Å². The van der Waals surface area contributed by atoms with Crippen molar-refractivity contribution < 1.29 is 9.18 Å². The summed E-state index contributed by atoms with van der Waals surface area (Å²) in [6.07, 6.45) is 2.47. The molecule has 1 N–H and O–H groups in total. The fraction of sp³-hybridized carbons (Fsp3) is 0.211. The van der Waals surface area contributed by atoms with Gasteiger partial charge in [0.1, 0.15) is 10.6 Å². The zero-order valence-corrected chi connectivity index (χ0v) is 16.3. The van der Waals surface area contributed by atoms with Crippen LogP contribution in [0, 0.1) is 5.82 Å². The SMILES string of the molecule is C=CCn1c(SCC(=O)Nc2ccc(F)cc2)nc2sc(CC)cc2c1=O. The van der Waals surface area contributed by atoms with Crippen molar-refractivity contribution >= 4 is 44.9 Å². The van der Waals surface area contributed by atoms with Crippen LogP contribution in [-0.2, 0) is 17.8 Å². The number of carbonyl (C=O) groups excluding carboxylic acids is 1. The summed E-state index contributed by atoms with van der Waals surface area (Å²) in [7, 11) is 0. The summed E-state index contributed by atoms with van der Waals surface area (Å²) in [6.45, 7) is 6.04. The van der Waals surface area contributed by atoms with Crippen LogP contribution in [-0.4, -0.2) is 21.2 Å². The Labute approximate surface area is 163 Å². The van der Waals surface area contributed by atoms with Gasteiger partial charge in [0.2, 0.25) is 5.91 Å². The number of fused-ring (bicyclic) bond motifs is 1. The number of hydrogen-bond donors (Lipinski definition) is 1. The van der Waals surface area contributed by atoms with Crippen LogP contribution in [0.5, 0.6) is 0 Å². The Balaban J connectivity index is 1.81. The lowest BCUT2D eigenvalue weighted by atomic mass is 10.3. The Hall–Kier alpha value is -2.45. The summed E-state index contributed by atoms with van der Waals surface area (Å²) >= 11 is 2.68. The number of rotatable bonds is 7. The van der Waals surface area contributed by atoms with E-state index in [1.807, 2.05) is 13.0 Å². The highest BCUT2D eigenvalue weighted by Gasteiger charge is 2.15. The molecule has 0 aliphatic carbocycles. The molecule has 8 heteroatoms. The molecule has 0 unspecified atom stereocenters. The van der Waals surface area contributed by atoms with Crippen LogP contribution >= 0.6 is 23.1 Å². The molecule has 0 spiro atoms. The fourth-order valence-electron chi connectivity index (χ4n) is 2.48. The number of halogens is 1. The first-order valence-electron chi connectivity index (χ1n) is 8.34. The van der Waals surface area contributed by atoms with Crippen molar-refractivity contribution in [1.29, 1.82) is 0 Å². The van der Waals surface area contributed by atoms with Gasteiger partial charge in [-0.2, -0.15) is 0 Å². The molecule has 2 aromatic heterocycles. The molecule has 1 amide bonds. The Bertz CT molecular complexity index is 1040. The number of aryl methyl sites for hydroxylation is 1. The van der Waals surface area contributed by atoms with Crippen molar-refractivity contribution in [2.24, 2.45) is 0 Å². The zero-order chi connectivity index (χ0) is 19.4. The largest absolute Gasteiger partial charge is 0.325 e. The highest BCUT2D eigenvalue weighted by Crippen LogP contribution is 2.25. The number of nitrogens with one attached hydrogen (secondary N) is 1. The number of aromatic nitrogens is 2. The lowest BCUT2D eigenvalue weighted by Crippen LogP contribution is -2.23. The third kappa shape index (κ3) is 4.45. The minimum absolute atomic E-state index is 0.0818. The maximum absolute atomic E-state index is 12.9. The Kier molecular flexibility index (Phi) is 6.08. The van der Waals surface area contributed by atoms with Crippen molar-refractivity contribution in [2.45, 2.75) is 25.0 Å². The average Bonchev–Trinajstić information content (AvgIpc) is 3.08. The van der Waals surface area contributed by atoms with Crippen LogP contribution in [0.3, 0.4) is 0 Å². The van der Waals surface area contributed by atoms with E-state index in [1.165, 1.54) is 51.9 Å². The number of benzene rings is 1. The second-order valence-corrected chi connectivity index (χ2v) is 7.79. The summed E-state index contributed by atoms with van der Waals surface area (Å²) in [6, 6.07) is 7.43. The molecule has 5 nitrogen and oxygen atoms in total. The lowest BCUT2D eigenvalue weighted by Gasteiger charge is -2.10. The molecule has 0 aliphatic heterocycles. The average molecular weight is 404 g/mol. The number of nitrogens with zero attached hydrogens (tertiary/aromatic N) is 2.